The number of hydrogen-bond acceptors (Lipinski definition) is 5. The highest BCUT2D eigenvalue weighted by Crippen LogP contribution is 2.29. The molecular formula is C22H20ClFN6O. The van der Waals surface area contributed by atoms with Crippen LogP contribution >= 0.6 is 11.6 Å². The van der Waals surface area contributed by atoms with E-state index >= 15 is 0 Å². The summed E-state index contributed by atoms with van der Waals surface area (Å²) in [4.78, 5) is 30.6. The summed E-state index contributed by atoms with van der Waals surface area (Å²) in [5, 5.41) is 4.51. The SMILES string of the molecule is C[C@H](Nc1cc(C(=O)N(C)C)nc(-c2c[nH]c3ncc(Cl)cc23)n1)c1ccc(F)cc1. The highest BCUT2D eigenvalue weighted by molar-refractivity contribution is 6.31. The van der Waals surface area contributed by atoms with Gasteiger partial charge in [-0.1, -0.05) is 23.7 Å². The van der Waals surface area contributed by atoms with Crippen LogP contribution in [0.15, 0.2) is 48.8 Å². The molecule has 1 amide bonds. The van der Waals surface area contributed by atoms with Crippen molar-refractivity contribution in [3.05, 3.63) is 70.9 Å². The fraction of sp³-hybridized carbons (Fsp3) is 0.182. The Kier molecular flexibility index (Phi) is 5.56. The molecule has 3 aromatic heterocycles. The lowest BCUT2D eigenvalue weighted by atomic mass is 10.1. The molecule has 2 N–H and O–H groups in total. The van der Waals surface area contributed by atoms with Crippen molar-refractivity contribution in [2.45, 2.75) is 13.0 Å². The summed E-state index contributed by atoms with van der Waals surface area (Å²) < 4.78 is 13.3. The number of nitrogens with zero attached hydrogens (tertiary/aromatic N) is 4. The van der Waals surface area contributed by atoms with E-state index in [0.29, 0.717) is 27.9 Å². The zero-order valence-corrected chi connectivity index (χ0v) is 17.9. The van der Waals surface area contributed by atoms with Crippen LogP contribution in [0.25, 0.3) is 22.4 Å². The number of hydrogen-bond donors (Lipinski definition) is 2. The van der Waals surface area contributed by atoms with Gasteiger partial charge < -0.3 is 15.2 Å². The molecule has 0 radical (unpaired) electrons. The van der Waals surface area contributed by atoms with Crippen LogP contribution in [0.2, 0.25) is 5.02 Å². The molecule has 0 saturated heterocycles. The minimum absolute atomic E-state index is 0.176. The normalized spacial score (nSPS) is 12.0. The van der Waals surface area contributed by atoms with Gasteiger partial charge in [-0.15, -0.1) is 0 Å². The quantitative estimate of drug-likeness (QED) is 0.472. The first-order valence-electron chi connectivity index (χ1n) is 9.57. The lowest BCUT2D eigenvalue weighted by molar-refractivity contribution is 0.0822. The molecule has 1 atom stereocenters. The van der Waals surface area contributed by atoms with Gasteiger partial charge in [-0.05, 0) is 30.7 Å². The molecule has 1 aromatic carbocycles. The average molecular weight is 439 g/mol. The van der Waals surface area contributed by atoms with Gasteiger partial charge in [0.15, 0.2) is 5.82 Å². The number of carbonyl (C=O) groups is 1. The van der Waals surface area contributed by atoms with Crippen molar-refractivity contribution >= 4 is 34.4 Å². The van der Waals surface area contributed by atoms with Crippen molar-refractivity contribution in [1.29, 1.82) is 0 Å². The molecule has 7 nitrogen and oxygen atoms in total. The minimum Gasteiger partial charge on any atom is -0.363 e. The van der Waals surface area contributed by atoms with Gasteiger partial charge in [0, 0.05) is 49.5 Å². The van der Waals surface area contributed by atoms with Crippen molar-refractivity contribution in [3.63, 3.8) is 0 Å². The van der Waals surface area contributed by atoms with E-state index in [1.165, 1.54) is 17.0 Å². The number of rotatable bonds is 5. The highest BCUT2D eigenvalue weighted by atomic mass is 35.5. The second-order valence-electron chi connectivity index (χ2n) is 7.33. The number of anilines is 1. The molecule has 158 valence electrons. The second kappa shape index (κ2) is 8.31. The van der Waals surface area contributed by atoms with Gasteiger partial charge in [0.25, 0.3) is 5.91 Å². The number of fused-ring (bicyclic) bond motifs is 1. The maximum Gasteiger partial charge on any atom is 0.272 e. The van der Waals surface area contributed by atoms with Crippen molar-refractivity contribution in [2.75, 3.05) is 19.4 Å². The van der Waals surface area contributed by atoms with E-state index in [1.807, 2.05) is 6.92 Å². The van der Waals surface area contributed by atoms with Crippen molar-refractivity contribution in [1.82, 2.24) is 24.8 Å². The molecule has 0 aliphatic heterocycles. The van der Waals surface area contributed by atoms with Crippen LogP contribution in [-0.4, -0.2) is 44.8 Å². The fourth-order valence-electron chi connectivity index (χ4n) is 3.20. The number of halogens is 2. The first kappa shape index (κ1) is 20.7. The molecule has 0 aliphatic rings. The molecule has 4 rings (SSSR count). The largest absolute Gasteiger partial charge is 0.363 e. The smallest absolute Gasteiger partial charge is 0.272 e. The van der Waals surface area contributed by atoms with Crippen LogP contribution < -0.4 is 5.32 Å². The third kappa shape index (κ3) is 4.34. The average Bonchev–Trinajstić information content (AvgIpc) is 3.16. The molecule has 0 fully saturated rings. The summed E-state index contributed by atoms with van der Waals surface area (Å²) in [5.41, 5.74) is 2.44. The number of pyridine rings is 1. The molecule has 31 heavy (non-hydrogen) atoms. The summed E-state index contributed by atoms with van der Waals surface area (Å²) in [6, 6.07) is 9.41. The predicted octanol–water partition coefficient (Wildman–Crippen LogP) is 4.69. The molecule has 0 spiro atoms. The first-order chi connectivity index (χ1) is 14.8. The molecule has 3 heterocycles. The summed E-state index contributed by atoms with van der Waals surface area (Å²) in [6.07, 6.45) is 3.29. The third-order valence-corrected chi connectivity index (χ3v) is 5.03. The zero-order chi connectivity index (χ0) is 22.1. The lowest BCUT2D eigenvalue weighted by Gasteiger charge is -2.17. The van der Waals surface area contributed by atoms with Gasteiger partial charge in [0.05, 0.1) is 5.02 Å². The Morgan fingerprint density at radius 1 is 1.19 bits per heavy atom. The second-order valence-corrected chi connectivity index (χ2v) is 7.77. The maximum atomic E-state index is 13.3. The third-order valence-electron chi connectivity index (χ3n) is 4.82. The van der Waals surface area contributed by atoms with Gasteiger partial charge in [0.1, 0.15) is 23.0 Å². The molecule has 4 aromatic rings. The van der Waals surface area contributed by atoms with Crippen LogP contribution in [0, 0.1) is 5.82 Å². The molecule has 0 saturated carbocycles. The van der Waals surface area contributed by atoms with Crippen molar-refractivity contribution < 1.29 is 9.18 Å². The van der Waals surface area contributed by atoms with E-state index in [1.54, 1.807) is 50.8 Å². The summed E-state index contributed by atoms with van der Waals surface area (Å²) >= 11 is 6.12. The molecule has 0 unspecified atom stereocenters. The topological polar surface area (TPSA) is 86.8 Å². The maximum absolute atomic E-state index is 13.3. The Labute approximate surface area is 183 Å². The van der Waals surface area contributed by atoms with Crippen molar-refractivity contribution in [3.8, 4) is 11.4 Å². The zero-order valence-electron chi connectivity index (χ0n) is 17.1. The van der Waals surface area contributed by atoms with E-state index in [0.717, 1.165) is 10.9 Å². The molecule has 0 aliphatic carbocycles. The van der Waals surface area contributed by atoms with E-state index in [-0.39, 0.29) is 23.5 Å². The number of carbonyl (C=O) groups excluding carboxylic acids is 1. The molecule has 0 bridgehead atoms. The number of nitrogens with one attached hydrogen (secondary N) is 2. The number of H-pyrrole nitrogens is 1. The number of aromatic amines is 1. The number of benzene rings is 1. The van der Waals surface area contributed by atoms with E-state index < -0.39 is 0 Å². The Balaban J connectivity index is 1.78. The number of aromatic nitrogens is 4. The fourth-order valence-corrected chi connectivity index (χ4v) is 3.36. The molecule has 9 heteroatoms. The summed E-state index contributed by atoms with van der Waals surface area (Å²) in [5.74, 6) is 0.274. The van der Waals surface area contributed by atoms with E-state index in [4.69, 9.17) is 11.6 Å². The molecular weight excluding hydrogens is 419 g/mol. The lowest BCUT2D eigenvalue weighted by Crippen LogP contribution is -2.23. The summed E-state index contributed by atoms with van der Waals surface area (Å²) in [7, 11) is 3.32. The van der Waals surface area contributed by atoms with Crippen LogP contribution in [-0.2, 0) is 0 Å². The van der Waals surface area contributed by atoms with Gasteiger partial charge in [0.2, 0.25) is 0 Å². The predicted molar refractivity (Wildman–Crippen MR) is 119 cm³/mol. The minimum atomic E-state index is -0.300. The van der Waals surface area contributed by atoms with E-state index in [9.17, 15) is 9.18 Å². The van der Waals surface area contributed by atoms with Gasteiger partial charge in [-0.2, -0.15) is 0 Å². The standard InChI is InChI=1S/C22H20ClFN6O/c1-12(13-4-6-15(24)7-5-13)27-19-9-18(22(31)30(2)3)28-21(29-19)17-11-26-20-16(17)8-14(23)10-25-20/h4-12H,1-3H3,(H,25,26)(H,27,28,29)/t12-/m0/s1. The Hall–Kier alpha value is -3.52. The summed E-state index contributed by atoms with van der Waals surface area (Å²) in [6.45, 7) is 1.93. The van der Waals surface area contributed by atoms with Gasteiger partial charge in [-0.3, -0.25) is 4.79 Å². The Morgan fingerprint density at radius 3 is 2.65 bits per heavy atom. The highest BCUT2D eigenvalue weighted by Gasteiger charge is 2.18. The Morgan fingerprint density at radius 2 is 1.94 bits per heavy atom. The first-order valence-corrected chi connectivity index (χ1v) is 9.95. The van der Waals surface area contributed by atoms with Crippen LogP contribution in [0.1, 0.15) is 29.0 Å². The van der Waals surface area contributed by atoms with Crippen molar-refractivity contribution in [2.24, 2.45) is 0 Å². The van der Waals surface area contributed by atoms with Gasteiger partial charge >= 0.3 is 0 Å². The van der Waals surface area contributed by atoms with Crippen LogP contribution in [0.4, 0.5) is 10.2 Å². The van der Waals surface area contributed by atoms with Crippen LogP contribution in [0.5, 0.6) is 0 Å². The van der Waals surface area contributed by atoms with E-state index in [2.05, 4.69) is 25.3 Å². The monoisotopic (exact) mass is 438 g/mol. The van der Waals surface area contributed by atoms with Gasteiger partial charge in [-0.25, -0.2) is 19.3 Å². The Bertz CT molecular complexity index is 1250. The van der Waals surface area contributed by atoms with Crippen LogP contribution in [0.3, 0.4) is 0 Å². The number of amides is 1.